The van der Waals surface area contributed by atoms with Gasteiger partial charge >= 0.3 is 11.4 Å². The number of rotatable bonds is 20. The van der Waals surface area contributed by atoms with Crippen LogP contribution < -0.4 is 32.0 Å². The second kappa shape index (κ2) is 21.1. The van der Waals surface area contributed by atoms with Gasteiger partial charge in [-0.1, -0.05) is 54.6 Å². The number of nitrogens with one attached hydrogen (secondary N) is 2. The number of methoxy groups -OCH3 is 2. The number of H-pyrrole nitrogens is 2. The normalized spacial score (nSPS) is 18.2. The molecule has 63 heavy (non-hydrogen) atoms. The lowest BCUT2D eigenvalue weighted by Crippen LogP contribution is -2.41. The van der Waals surface area contributed by atoms with Crippen molar-refractivity contribution in [2.24, 2.45) is 5.92 Å². The number of benzene rings is 3. The smallest absolute Gasteiger partial charge is 0.330 e. The fraction of sp³-hybridized carbons (Fsp3) is 0.413. The SMILES string of the molecule is COc1ccc(C(OC[C@H]2O[C@@H](n3ccc(=O)[nH]c3=O)[C@H](CCn3cc(C)c(=O)[nH]c3=O)[C@@H]2OP(OCCC#N)N(C(C)C)C(C)C)(c2ccccc2)c2ccc(OC)cc2)cc1. The van der Waals surface area contributed by atoms with Crippen LogP contribution in [0.5, 0.6) is 11.5 Å². The second-order valence-electron chi connectivity index (χ2n) is 15.7. The van der Waals surface area contributed by atoms with Crippen LogP contribution >= 0.6 is 8.53 Å². The molecule has 334 valence electrons. The summed E-state index contributed by atoms with van der Waals surface area (Å²) in [7, 11) is 1.32. The van der Waals surface area contributed by atoms with E-state index in [0.29, 0.717) is 17.1 Å². The average molecular weight is 883 g/mol. The summed E-state index contributed by atoms with van der Waals surface area (Å²) in [6, 6.07) is 28.3. The third-order valence-corrected chi connectivity index (χ3v) is 13.1. The van der Waals surface area contributed by atoms with Crippen LogP contribution in [-0.2, 0) is 30.7 Å². The van der Waals surface area contributed by atoms with E-state index in [4.69, 9.17) is 28.0 Å². The molecule has 0 saturated carbocycles. The second-order valence-corrected chi connectivity index (χ2v) is 17.1. The number of ether oxygens (including phenoxy) is 4. The molecule has 3 heterocycles. The molecule has 3 aromatic carbocycles. The van der Waals surface area contributed by atoms with Crippen molar-refractivity contribution in [1.29, 1.82) is 5.26 Å². The monoisotopic (exact) mass is 882 g/mol. The zero-order valence-corrected chi connectivity index (χ0v) is 37.5. The summed E-state index contributed by atoms with van der Waals surface area (Å²) in [5.41, 5.74) is -0.926. The van der Waals surface area contributed by atoms with E-state index in [1.165, 1.54) is 27.6 Å². The van der Waals surface area contributed by atoms with E-state index < -0.39 is 61.0 Å². The highest BCUT2D eigenvalue weighted by molar-refractivity contribution is 7.44. The first-order valence-electron chi connectivity index (χ1n) is 20.8. The minimum Gasteiger partial charge on any atom is -0.497 e. The van der Waals surface area contributed by atoms with E-state index in [-0.39, 0.29) is 44.7 Å². The van der Waals surface area contributed by atoms with E-state index in [1.54, 1.807) is 21.1 Å². The van der Waals surface area contributed by atoms with Crippen molar-refractivity contribution in [2.45, 2.75) is 90.1 Å². The lowest BCUT2D eigenvalue weighted by molar-refractivity contribution is -0.0933. The summed E-state index contributed by atoms with van der Waals surface area (Å²) >= 11 is 0. The van der Waals surface area contributed by atoms with E-state index in [1.807, 2.05) is 107 Å². The Hall–Kier alpha value is -5.66. The van der Waals surface area contributed by atoms with Crippen molar-refractivity contribution >= 4 is 8.53 Å². The van der Waals surface area contributed by atoms with Crippen molar-refractivity contribution in [1.82, 2.24) is 23.8 Å². The quantitative estimate of drug-likeness (QED) is 0.0529. The first kappa shape index (κ1) is 46.8. The number of nitrogens with zero attached hydrogens (tertiary/aromatic N) is 4. The molecule has 0 spiro atoms. The van der Waals surface area contributed by atoms with Crippen LogP contribution in [0.25, 0.3) is 0 Å². The van der Waals surface area contributed by atoms with E-state index in [0.717, 1.165) is 16.7 Å². The lowest BCUT2D eigenvalue weighted by atomic mass is 9.80. The fourth-order valence-electron chi connectivity index (χ4n) is 8.03. The summed E-state index contributed by atoms with van der Waals surface area (Å²) in [5, 5.41) is 9.50. The molecule has 5 atom stereocenters. The van der Waals surface area contributed by atoms with Gasteiger partial charge in [0.25, 0.3) is 19.6 Å². The molecule has 1 aliphatic heterocycles. The molecular formula is C46H55N6O10P. The minimum absolute atomic E-state index is 0.0511. The van der Waals surface area contributed by atoms with Crippen LogP contribution in [0.2, 0.25) is 0 Å². The predicted molar refractivity (Wildman–Crippen MR) is 238 cm³/mol. The molecule has 0 aliphatic carbocycles. The number of aryl methyl sites for hydroxylation is 2. The van der Waals surface area contributed by atoms with Gasteiger partial charge < -0.3 is 32.6 Å². The number of hydrogen-bond acceptors (Lipinski definition) is 12. The first-order chi connectivity index (χ1) is 30.3. The molecule has 1 saturated heterocycles. The Kier molecular flexibility index (Phi) is 15.7. The van der Waals surface area contributed by atoms with Gasteiger partial charge in [0.15, 0.2) is 0 Å². The molecule has 16 nitrogen and oxygen atoms in total. The largest absolute Gasteiger partial charge is 0.497 e. The lowest BCUT2D eigenvalue weighted by Gasteiger charge is -2.39. The van der Waals surface area contributed by atoms with Gasteiger partial charge in [0, 0.05) is 48.6 Å². The van der Waals surface area contributed by atoms with Crippen LogP contribution in [0, 0.1) is 24.2 Å². The molecule has 6 rings (SSSR count). The van der Waals surface area contributed by atoms with E-state index in [2.05, 4.69) is 20.7 Å². The van der Waals surface area contributed by atoms with Crippen molar-refractivity contribution in [3.05, 3.63) is 161 Å². The summed E-state index contributed by atoms with van der Waals surface area (Å²) in [4.78, 5) is 56.2. The molecule has 2 N–H and O–H groups in total. The summed E-state index contributed by atoms with van der Waals surface area (Å²) in [5.74, 6) is 0.628. The molecule has 0 amide bonds. The van der Waals surface area contributed by atoms with Crippen LogP contribution in [0.3, 0.4) is 0 Å². The van der Waals surface area contributed by atoms with E-state index in [9.17, 15) is 24.4 Å². The summed E-state index contributed by atoms with van der Waals surface area (Å²) < 4.78 is 43.8. The van der Waals surface area contributed by atoms with Gasteiger partial charge in [0.05, 0.1) is 39.9 Å². The van der Waals surface area contributed by atoms with Crippen LogP contribution in [0.4, 0.5) is 0 Å². The van der Waals surface area contributed by atoms with E-state index >= 15 is 0 Å². The van der Waals surface area contributed by atoms with Crippen molar-refractivity contribution in [3.63, 3.8) is 0 Å². The Labute approximate surface area is 366 Å². The molecule has 1 aliphatic rings. The van der Waals surface area contributed by atoms with Crippen LogP contribution in [-0.4, -0.2) is 75.5 Å². The van der Waals surface area contributed by atoms with Gasteiger partial charge in [0.1, 0.15) is 35.5 Å². The number of aromatic nitrogens is 4. The van der Waals surface area contributed by atoms with Crippen molar-refractivity contribution in [2.75, 3.05) is 27.4 Å². The van der Waals surface area contributed by atoms with Gasteiger partial charge in [0.2, 0.25) is 0 Å². The average Bonchev–Trinajstić information content (AvgIpc) is 3.60. The molecule has 1 unspecified atom stereocenters. The van der Waals surface area contributed by atoms with Gasteiger partial charge in [-0.25, -0.2) is 14.3 Å². The third-order valence-electron chi connectivity index (χ3n) is 11.0. The first-order valence-corrected chi connectivity index (χ1v) is 21.9. The van der Waals surface area contributed by atoms with Crippen LogP contribution in [0.1, 0.15) is 69.0 Å². The van der Waals surface area contributed by atoms with Crippen molar-refractivity contribution in [3.8, 4) is 17.6 Å². The molecular weight excluding hydrogens is 828 g/mol. The molecule has 17 heteroatoms. The fourth-order valence-corrected chi connectivity index (χ4v) is 9.84. The number of aromatic amines is 2. The summed E-state index contributed by atoms with van der Waals surface area (Å²) in [6.45, 7) is 9.82. The molecule has 1 fully saturated rings. The standard InChI is InChI=1S/C46H55N6O10P/c1-30(2)52(31(3)4)63(60-27-11-24-47)62-41-38(22-25-50-28-32(5)42(54)49-44(50)55)43(51-26-23-40(53)48-45(51)56)61-39(41)29-59-46(33-12-9-8-10-13-33,34-14-18-36(57-6)19-15-34)35-16-20-37(58-7)21-17-35/h8-10,12-21,23,26,28,30-31,38-39,41,43H,11,22,25,27,29H2,1-7H3,(H,48,53,56)(H,49,54,55)/t38-,39-,41+,43-,63?/m1/s1. The molecule has 5 aromatic rings. The van der Waals surface area contributed by atoms with Crippen molar-refractivity contribution < 1.29 is 28.0 Å². The molecule has 2 aromatic heterocycles. The zero-order chi connectivity index (χ0) is 45.3. The highest BCUT2D eigenvalue weighted by atomic mass is 31.2. The summed E-state index contributed by atoms with van der Waals surface area (Å²) in [6.07, 6.45) is 0.372. The number of nitriles is 1. The Balaban J connectivity index is 1.53. The van der Waals surface area contributed by atoms with Gasteiger partial charge in [-0.3, -0.25) is 24.1 Å². The number of hydrogen-bond donors (Lipinski definition) is 2. The minimum atomic E-state index is -1.88. The zero-order valence-electron chi connectivity index (χ0n) is 36.6. The highest BCUT2D eigenvalue weighted by Crippen LogP contribution is 2.52. The molecule has 0 bridgehead atoms. The predicted octanol–water partition coefficient (Wildman–Crippen LogP) is 5.99. The Bertz CT molecular complexity index is 2500. The van der Waals surface area contributed by atoms with Gasteiger partial charge in [-0.15, -0.1) is 0 Å². The Morgan fingerprint density at radius 2 is 1.44 bits per heavy atom. The maximum atomic E-state index is 13.6. The molecule has 0 radical (unpaired) electrons. The Morgan fingerprint density at radius 3 is 2.00 bits per heavy atom. The maximum absolute atomic E-state index is 13.6. The van der Waals surface area contributed by atoms with Crippen LogP contribution in [0.15, 0.2) is 117 Å². The third kappa shape index (κ3) is 10.6. The van der Waals surface area contributed by atoms with Gasteiger partial charge in [-0.05, 0) is 82.0 Å². The Morgan fingerprint density at radius 1 is 0.841 bits per heavy atom. The van der Waals surface area contributed by atoms with Gasteiger partial charge in [-0.2, -0.15) is 5.26 Å². The highest BCUT2D eigenvalue weighted by Gasteiger charge is 2.50. The maximum Gasteiger partial charge on any atom is 0.330 e. The topological polar surface area (TPSA) is 192 Å².